The fraction of sp³-hybridized carbons (Fsp3) is 0.348. The van der Waals surface area contributed by atoms with Crippen molar-refractivity contribution in [3.63, 3.8) is 0 Å². The fourth-order valence-corrected chi connectivity index (χ4v) is 3.91. The molecule has 1 aliphatic heterocycles. The maximum absolute atomic E-state index is 12.6. The number of aryl methyl sites for hydroxylation is 2. The lowest BCUT2D eigenvalue weighted by molar-refractivity contribution is -0.134. The van der Waals surface area contributed by atoms with Crippen LogP contribution in [-0.4, -0.2) is 45.2 Å². The van der Waals surface area contributed by atoms with E-state index in [1.807, 2.05) is 48.0 Å². The molecule has 1 fully saturated rings. The SMILES string of the molecule is Cc1ccccc1CN1CCNC(=O)[C@H]1CC(=O)NCc1cn2cccc(C)c2n1. The van der Waals surface area contributed by atoms with Gasteiger partial charge in [0.05, 0.1) is 24.7 Å². The molecule has 2 aromatic heterocycles. The maximum Gasteiger partial charge on any atom is 0.237 e. The molecule has 30 heavy (non-hydrogen) atoms. The summed E-state index contributed by atoms with van der Waals surface area (Å²) in [5.41, 5.74) is 5.13. The highest BCUT2D eigenvalue weighted by molar-refractivity contribution is 5.88. The van der Waals surface area contributed by atoms with E-state index in [1.165, 1.54) is 11.1 Å². The van der Waals surface area contributed by atoms with Gasteiger partial charge in [-0.15, -0.1) is 0 Å². The molecule has 1 aliphatic rings. The number of carbonyl (C=O) groups is 2. The number of rotatable bonds is 6. The van der Waals surface area contributed by atoms with Crippen LogP contribution in [0, 0.1) is 13.8 Å². The molecule has 1 atom stereocenters. The molecular weight excluding hydrogens is 378 g/mol. The molecule has 3 heterocycles. The third kappa shape index (κ3) is 4.36. The average Bonchev–Trinajstić information content (AvgIpc) is 3.15. The van der Waals surface area contributed by atoms with Gasteiger partial charge in [0, 0.05) is 32.0 Å². The monoisotopic (exact) mass is 405 g/mol. The Bertz CT molecular complexity index is 1070. The Labute approximate surface area is 176 Å². The molecule has 1 aromatic carbocycles. The zero-order valence-corrected chi connectivity index (χ0v) is 17.4. The van der Waals surface area contributed by atoms with Gasteiger partial charge in [0.2, 0.25) is 11.8 Å². The Kier molecular flexibility index (Phi) is 5.81. The highest BCUT2D eigenvalue weighted by Crippen LogP contribution is 2.17. The number of fused-ring (bicyclic) bond motifs is 1. The van der Waals surface area contributed by atoms with E-state index >= 15 is 0 Å². The summed E-state index contributed by atoms with van der Waals surface area (Å²) in [6.45, 7) is 6.40. The van der Waals surface area contributed by atoms with Crippen LogP contribution in [0.3, 0.4) is 0 Å². The van der Waals surface area contributed by atoms with Crippen LogP contribution in [0.25, 0.3) is 5.65 Å². The summed E-state index contributed by atoms with van der Waals surface area (Å²) in [7, 11) is 0. The van der Waals surface area contributed by atoms with Crippen LogP contribution < -0.4 is 10.6 Å². The first-order valence-corrected chi connectivity index (χ1v) is 10.3. The minimum Gasteiger partial charge on any atom is -0.353 e. The van der Waals surface area contributed by atoms with E-state index < -0.39 is 6.04 Å². The Hall–Kier alpha value is -3.19. The van der Waals surface area contributed by atoms with E-state index in [9.17, 15) is 9.59 Å². The van der Waals surface area contributed by atoms with Gasteiger partial charge in [0.15, 0.2) is 0 Å². The molecule has 2 N–H and O–H groups in total. The van der Waals surface area contributed by atoms with Gasteiger partial charge < -0.3 is 15.0 Å². The minimum atomic E-state index is -0.471. The normalized spacial score (nSPS) is 17.1. The molecule has 0 aliphatic carbocycles. The first-order chi connectivity index (χ1) is 14.5. The zero-order valence-electron chi connectivity index (χ0n) is 17.4. The zero-order chi connectivity index (χ0) is 21.1. The fourth-order valence-electron chi connectivity index (χ4n) is 3.91. The van der Waals surface area contributed by atoms with Gasteiger partial charge >= 0.3 is 0 Å². The number of amides is 2. The molecule has 7 nitrogen and oxygen atoms in total. The number of pyridine rings is 1. The van der Waals surface area contributed by atoms with E-state index in [-0.39, 0.29) is 18.2 Å². The molecule has 0 bridgehead atoms. The van der Waals surface area contributed by atoms with E-state index in [0.717, 1.165) is 23.4 Å². The number of benzene rings is 1. The maximum atomic E-state index is 12.6. The lowest BCUT2D eigenvalue weighted by atomic mass is 10.0. The molecule has 7 heteroatoms. The van der Waals surface area contributed by atoms with Gasteiger partial charge in [-0.2, -0.15) is 0 Å². The van der Waals surface area contributed by atoms with Crippen LogP contribution in [0.5, 0.6) is 0 Å². The number of carbonyl (C=O) groups excluding carboxylic acids is 2. The van der Waals surface area contributed by atoms with Crippen molar-refractivity contribution in [3.8, 4) is 0 Å². The highest BCUT2D eigenvalue weighted by atomic mass is 16.2. The van der Waals surface area contributed by atoms with E-state index in [0.29, 0.717) is 19.6 Å². The molecule has 0 saturated carbocycles. The molecular formula is C23H27N5O2. The van der Waals surface area contributed by atoms with Crippen LogP contribution in [0.2, 0.25) is 0 Å². The van der Waals surface area contributed by atoms with Crippen molar-refractivity contribution in [3.05, 3.63) is 71.2 Å². The standard InChI is InChI=1S/C23H27N5O2/c1-16-6-3-4-8-18(16)14-27-11-9-24-23(30)20(27)12-21(29)25-13-19-15-28-10-5-7-17(2)22(28)26-19/h3-8,10,15,20H,9,11-14H2,1-2H3,(H,24,30)(H,25,29)/t20-/m1/s1. The van der Waals surface area contributed by atoms with Crippen molar-refractivity contribution in [1.29, 1.82) is 0 Å². The summed E-state index contributed by atoms with van der Waals surface area (Å²) in [6.07, 6.45) is 3.99. The lowest BCUT2D eigenvalue weighted by Gasteiger charge is -2.35. The second-order valence-electron chi connectivity index (χ2n) is 7.84. The molecule has 156 valence electrons. The second kappa shape index (κ2) is 8.67. The number of aromatic nitrogens is 2. The molecule has 4 rings (SSSR count). The predicted octanol–water partition coefficient (Wildman–Crippen LogP) is 1.96. The molecule has 0 unspecified atom stereocenters. The number of hydrogen-bond donors (Lipinski definition) is 2. The summed E-state index contributed by atoms with van der Waals surface area (Å²) in [5, 5.41) is 5.81. The minimum absolute atomic E-state index is 0.0895. The topological polar surface area (TPSA) is 78.7 Å². The van der Waals surface area contributed by atoms with Gasteiger partial charge in [-0.3, -0.25) is 14.5 Å². The van der Waals surface area contributed by atoms with Gasteiger partial charge in [-0.1, -0.05) is 30.3 Å². The molecule has 0 spiro atoms. The quantitative estimate of drug-likeness (QED) is 0.657. The van der Waals surface area contributed by atoms with Crippen molar-refractivity contribution in [2.24, 2.45) is 0 Å². The smallest absolute Gasteiger partial charge is 0.237 e. The van der Waals surface area contributed by atoms with E-state index in [1.54, 1.807) is 0 Å². The van der Waals surface area contributed by atoms with Crippen molar-refractivity contribution in [1.82, 2.24) is 24.9 Å². The van der Waals surface area contributed by atoms with Crippen molar-refractivity contribution < 1.29 is 9.59 Å². The van der Waals surface area contributed by atoms with Crippen molar-refractivity contribution in [2.75, 3.05) is 13.1 Å². The average molecular weight is 406 g/mol. The predicted molar refractivity (Wildman–Crippen MR) is 115 cm³/mol. The number of imidazole rings is 1. The molecule has 2 amide bonds. The van der Waals surface area contributed by atoms with Crippen LogP contribution in [0.1, 0.15) is 28.8 Å². The summed E-state index contributed by atoms with van der Waals surface area (Å²) in [5.74, 6) is -0.242. The van der Waals surface area contributed by atoms with Crippen LogP contribution in [0.4, 0.5) is 0 Å². The third-order valence-corrected chi connectivity index (χ3v) is 5.65. The number of hydrogen-bond acceptors (Lipinski definition) is 4. The summed E-state index contributed by atoms with van der Waals surface area (Å²) < 4.78 is 1.95. The van der Waals surface area contributed by atoms with Crippen molar-refractivity contribution >= 4 is 17.5 Å². The van der Waals surface area contributed by atoms with E-state index in [2.05, 4.69) is 39.6 Å². The number of nitrogens with zero attached hydrogens (tertiary/aromatic N) is 3. The Morgan fingerprint density at radius 2 is 2.00 bits per heavy atom. The Morgan fingerprint density at radius 3 is 2.80 bits per heavy atom. The first-order valence-electron chi connectivity index (χ1n) is 10.3. The molecule has 3 aromatic rings. The highest BCUT2D eigenvalue weighted by Gasteiger charge is 2.31. The van der Waals surface area contributed by atoms with Gasteiger partial charge in [0.25, 0.3) is 0 Å². The van der Waals surface area contributed by atoms with Crippen LogP contribution >= 0.6 is 0 Å². The number of piperazine rings is 1. The Balaban J connectivity index is 1.40. The summed E-state index contributed by atoms with van der Waals surface area (Å²) in [4.78, 5) is 31.8. The summed E-state index contributed by atoms with van der Waals surface area (Å²) >= 11 is 0. The van der Waals surface area contributed by atoms with Gasteiger partial charge in [-0.05, 0) is 36.6 Å². The second-order valence-corrected chi connectivity index (χ2v) is 7.84. The van der Waals surface area contributed by atoms with Crippen LogP contribution in [0.15, 0.2) is 48.8 Å². The third-order valence-electron chi connectivity index (χ3n) is 5.65. The molecule has 0 radical (unpaired) electrons. The van der Waals surface area contributed by atoms with Crippen molar-refractivity contribution in [2.45, 2.75) is 39.4 Å². The van der Waals surface area contributed by atoms with E-state index in [4.69, 9.17) is 0 Å². The summed E-state index contributed by atoms with van der Waals surface area (Å²) in [6, 6.07) is 11.7. The number of nitrogens with one attached hydrogen (secondary N) is 2. The van der Waals surface area contributed by atoms with Gasteiger partial charge in [-0.25, -0.2) is 4.98 Å². The first kappa shape index (κ1) is 20.1. The largest absolute Gasteiger partial charge is 0.353 e. The lowest BCUT2D eigenvalue weighted by Crippen LogP contribution is -2.56. The Morgan fingerprint density at radius 1 is 1.20 bits per heavy atom. The molecule has 1 saturated heterocycles. The van der Waals surface area contributed by atoms with Crippen LogP contribution in [-0.2, 0) is 22.7 Å². The van der Waals surface area contributed by atoms with Gasteiger partial charge in [0.1, 0.15) is 5.65 Å².